The zero-order valence-electron chi connectivity index (χ0n) is 11.6. The summed E-state index contributed by atoms with van der Waals surface area (Å²) in [4.78, 5) is 12.6. The molecule has 0 aromatic rings. The fraction of sp³-hybridized carbons (Fsp3) is 0.929. The highest BCUT2D eigenvalue weighted by Gasteiger charge is 2.70. The van der Waals surface area contributed by atoms with Crippen molar-refractivity contribution in [1.29, 1.82) is 0 Å². The molecule has 0 radical (unpaired) electrons. The number of hydrogen-bond acceptors (Lipinski definition) is 3. The third-order valence-electron chi connectivity index (χ3n) is 5.48. The maximum Gasteiger partial charge on any atom is 0.241 e. The molecule has 3 aliphatic rings. The molecule has 3 fully saturated rings. The summed E-state index contributed by atoms with van der Waals surface area (Å²) in [6.07, 6.45) is 4.31. The summed E-state index contributed by atoms with van der Waals surface area (Å²) in [7, 11) is 0. The SMILES string of the molecule is CC1(NC(=O)C2(N)C3CCCOC3C2(C)C)CC1. The van der Waals surface area contributed by atoms with Crippen molar-refractivity contribution in [2.45, 2.75) is 63.6 Å². The zero-order valence-corrected chi connectivity index (χ0v) is 11.6. The molecule has 1 heterocycles. The van der Waals surface area contributed by atoms with E-state index in [4.69, 9.17) is 10.5 Å². The molecule has 1 aliphatic heterocycles. The molecule has 4 nitrogen and oxygen atoms in total. The summed E-state index contributed by atoms with van der Waals surface area (Å²) in [5.74, 6) is 0.211. The lowest BCUT2D eigenvalue weighted by Crippen LogP contribution is -2.82. The second-order valence-corrected chi connectivity index (χ2v) is 7.15. The fourth-order valence-electron chi connectivity index (χ4n) is 3.73. The number of nitrogens with two attached hydrogens (primary N) is 1. The van der Waals surface area contributed by atoms with Crippen molar-refractivity contribution in [2.24, 2.45) is 17.1 Å². The van der Waals surface area contributed by atoms with E-state index in [1.54, 1.807) is 0 Å². The van der Waals surface area contributed by atoms with Gasteiger partial charge < -0.3 is 15.8 Å². The second-order valence-electron chi connectivity index (χ2n) is 7.15. The molecule has 0 bridgehead atoms. The molecule has 3 unspecified atom stereocenters. The predicted molar refractivity (Wildman–Crippen MR) is 68.9 cm³/mol. The van der Waals surface area contributed by atoms with Gasteiger partial charge in [0.25, 0.3) is 0 Å². The Morgan fingerprint density at radius 3 is 2.61 bits per heavy atom. The van der Waals surface area contributed by atoms with E-state index in [1.807, 2.05) is 0 Å². The van der Waals surface area contributed by atoms with Crippen LogP contribution in [0, 0.1) is 11.3 Å². The lowest BCUT2D eigenvalue weighted by atomic mass is 9.46. The van der Waals surface area contributed by atoms with Gasteiger partial charge in [-0.2, -0.15) is 0 Å². The van der Waals surface area contributed by atoms with Gasteiger partial charge >= 0.3 is 0 Å². The third kappa shape index (κ3) is 1.42. The highest BCUT2D eigenvalue weighted by atomic mass is 16.5. The molecule has 1 saturated heterocycles. The standard InChI is InChI=1S/C14H24N2O2/c1-12(2)10-9(5-4-8-18-10)14(12,15)11(17)16-13(3)6-7-13/h9-10H,4-8,15H2,1-3H3,(H,16,17). The van der Waals surface area contributed by atoms with Crippen LogP contribution >= 0.6 is 0 Å². The average Bonchev–Trinajstić information content (AvgIpc) is 3.05. The zero-order chi connectivity index (χ0) is 13.2. The molecule has 3 N–H and O–H groups in total. The highest BCUT2D eigenvalue weighted by Crippen LogP contribution is 2.57. The van der Waals surface area contributed by atoms with Crippen molar-refractivity contribution in [2.75, 3.05) is 6.61 Å². The topological polar surface area (TPSA) is 64.4 Å². The Labute approximate surface area is 109 Å². The minimum Gasteiger partial charge on any atom is -0.377 e. The molecule has 102 valence electrons. The molecule has 2 saturated carbocycles. The fourth-order valence-corrected chi connectivity index (χ4v) is 3.73. The van der Waals surface area contributed by atoms with Crippen LogP contribution in [0.2, 0.25) is 0 Å². The monoisotopic (exact) mass is 252 g/mol. The van der Waals surface area contributed by atoms with Crippen molar-refractivity contribution in [3.8, 4) is 0 Å². The van der Waals surface area contributed by atoms with Crippen molar-refractivity contribution in [3.63, 3.8) is 0 Å². The van der Waals surface area contributed by atoms with Gasteiger partial charge in [-0.25, -0.2) is 0 Å². The molecule has 4 heteroatoms. The number of carbonyl (C=O) groups is 1. The molecular formula is C14H24N2O2. The quantitative estimate of drug-likeness (QED) is 0.776. The summed E-state index contributed by atoms with van der Waals surface area (Å²) in [6, 6.07) is 0. The van der Waals surface area contributed by atoms with Crippen LogP contribution in [0.5, 0.6) is 0 Å². The summed E-state index contributed by atoms with van der Waals surface area (Å²) in [6.45, 7) is 7.03. The van der Waals surface area contributed by atoms with Crippen LogP contribution in [0.15, 0.2) is 0 Å². The summed E-state index contributed by atoms with van der Waals surface area (Å²) < 4.78 is 5.82. The number of fused-ring (bicyclic) bond motifs is 1. The molecule has 3 rings (SSSR count). The predicted octanol–water partition coefficient (Wildman–Crippen LogP) is 1.19. The van der Waals surface area contributed by atoms with Gasteiger partial charge in [0.05, 0.1) is 6.10 Å². The number of carbonyl (C=O) groups excluding carboxylic acids is 1. The first-order valence-corrected chi connectivity index (χ1v) is 7.04. The lowest BCUT2D eigenvalue weighted by molar-refractivity contribution is -0.225. The van der Waals surface area contributed by atoms with Crippen LogP contribution in [-0.4, -0.2) is 29.7 Å². The van der Waals surface area contributed by atoms with Gasteiger partial charge in [-0.15, -0.1) is 0 Å². The Kier molecular flexibility index (Phi) is 2.40. The lowest BCUT2D eigenvalue weighted by Gasteiger charge is -2.65. The number of hydrogen-bond donors (Lipinski definition) is 2. The van der Waals surface area contributed by atoms with Gasteiger partial charge in [0.15, 0.2) is 0 Å². The molecular weight excluding hydrogens is 228 g/mol. The van der Waals surface area contributed by atoms with Gasteiger partial charge in [-0.1, -0.05) is 13.8 Å². The maximum absolute atomic E-state index is 12.6. The first-order chi connectivity index (χ1) is 8.31. The number of ether oxygens (including phenoxy) is 1. The average molecular weight is 252 g/mol. The largest absolute Gasteiger partial charge is 0.377 e. The Morgan fingerprint density at radius 2 is 2.00 bits per heavy atom. The van der Waals surface area contributed by atoms with Gasteiger partial charge in [-0.3, -0.25) is 4.79 Å². The Bertz CT molecular complexity index is 389. The smallest absolute Gasteiger partial charge is 0.241 e. The molecule has 0 spiro atoms. The Hall–Kier alpha value is -0.610. The maximum atomic E-state index is 12.6. The third-order valence-corrected chi connectivity index (χ3v) is 5.48. The van der Waals surface area contributed by atoms with Crippen molar-refractivity contribution in [1.82, 2.24) is 5.32 Å². The van der Waals surface area contributed by atoms with Gasteiger partial charge in [0, 0.05) is 23.5 Å². The van der Waals surface area contributed by atoms with Crippen LogP contribution in [0.3, 0.4) is 0 Å². The van der Waals surface area contributed by atoms with Crippen LogP contribution in [-0.2, 0) is 9.53 Å². The number of nitrogens with one attached hydrogen (secondary N) is 1. The van der Waals surface area contributed by atoms with Crippen LogP contribution < -0.4 is 11.1 Å². The van der Waals surface area contributed by atoms with Gasteiger partial charge in [0.1, 0.15) is 5.54 Å². The van der Waals surface area contributed by atoms with Gasteiger partial charge in [0.2, 0.25) is 5.91 Å². The minimum atomic E-state index is -0.760. The van der Waals surface area contributed by atoms with E-state index in [2.05, 4.69) is 26.1 Å². The van der Waals surface area contributed by atoms with E-state index in [9.17, 15) is 4.79 Å². The van der Waals surface area contributed by atoms with Crippen molar-refractivity contribution >= 4 is 5.91 Å². The summed E-state index contributed by atoms with van der Waals surface area (Å²) >= 11 is 0. The van der Waals surface area contributed by atoms with E-state index >= 15 is 0 Å². The molecule has 1 amide bonds. The molecule has 0 aromatic heterocycles. The van der Waals surface area contributed by atoms with E-state index < -0.39 is 5.54 Å². The van der Waals surface area contributed by atoms with Crippen molar-refractivity contribution in [3.05, 3.63) is 0 Å². The molecule has 2 aliphatic carbocycles. The van der Waals surface area contributed by atoms with Crippen LogP contribution in [0.1, 0.15) is 46.5 Å². The van der Waals surface area contributed by atoms with E-state index in [0.29, 0.717) is 0 Å². The van der Waals surface area contributed by atoms with E-state index in [-0.39, 0.29) is 28.9 Å². The normalized spacial score (nSPS) is 43.6. The first-order valence-electron chi connectivity index (χ1n) is 7.04. The highest BCUT2D eigenvalue weighted by molar-refractivity contribution is 5.90. The van der Waals surface area contributed by atoms with Crippen LogP contribution in [0.25, 0.3) is 0 Å². The van der Waals surface area contributed by atoms with E-state index in [1.165, 1.54) is 0 Å². The number of rotatable bonds is 2. The molecule has 3 atom stereocenters. The molecule has 0 aromatic carbocycles. The van der Waals surface area contributed by atoms with Gasteiger partial charge in [-0.05, 0) is 32.6 Å². The minimum absolute atomic E-state index is 0.000143. The number of amides is 1. The Balaban J connectivity index is 1.81. The summed E-state index contributed by atoms with van der Waals surface area (Å²) in [5, 5.41) is 3.14. The second kappa shape index (κ2) is 3.48. The molecule has 18 heavy (non-hydrogen) atoms. The first kappa shape index (κ1) is 12.4. The Morgan fingerprint density at radius 1 is 1.33 bits per heavy atom. The summed E-state index contributed by atoms with van der Waals surface area (Å²) in [5.41, 5.74) is 5.49. The van der Waals surface area contributed by atoms with Crippen molar-refractivity contribution < 1.29 is 9.53 Å². The van der Waals surface area contributed by atoms with Crippen LogP contribution in [0.4, 0.5) is 0 Å². The van der Waals surface area contributed by atoms with E-state index in [0.717, 1.165) is 32.3 Å².